The van der Waals surface area contributed by atoms with Crippen LogP contribution in [0.3, 0.4) is 0 Å². The maximum Gasteiger partial charge on any atom is 0.191 e. The first-order chi connectivity index (χ1) is 12.6. The summed E-state index contributed by atoms with van der Waals surface area (Å²) in [6.07, 6.45) is 4.03. The fourth-order valence-corrected chi connectivity index (χ4v) is 3.85. The number of halogens is 2. The van der Waals surface area contributed by atoms with Gasteiger partial charge < -0.3 is 15.5 Å². The monoisotopic (exact) mass is 503 g/mol. The number of guanidine groups is 1. The Morgan fingerprint density at radius 3 is 3.00 bits per heavy atom. The molecule has 1 aromatic carbocycles. The first-order valence-corrected chi connectivity index (χ1v) is 9.92. The van der Waals surface area contributed by atoms with Gasteiger partial charge >= 0.3 is 0 Å². The SMILES string of the molecule is CCNC(=NCc1ncc(C)s1)NC1CCCN(c2cccc(F)c2)C1.I. The van der Waals surface area contributed by atoms with Crippen LogP contribution in [0.2, 0.25) is 0 Å². The number of aromatic nitrogens is 1. The Labute approximate surface area is 181 Å². The van der Waals surface area contributed by atoms with Crippen molar-refractivity contribution in [2.45, 2.75) is 39.3 Å². The minimum atomic E-state index is -0.189. The van der Waals surface area contributed by atoms with Gasteiger partial charge in [0.15, 0.2) is 5.96 Å². The van der Waals surface area contributed by atoms with E-state index in [0.29, 0.717) is 6.54 Å². The molecular weight excluding hydrogens is 476 g/mol. The molecule has 1 atom stereocenters. The molecular formula is C19H27FIN5S. The second-order valence-electron chi connectivity index (χ2n) is 6.47. The molecule has 27 heavy (non-hydrogen) atoms. The molecule has 1 aliphatic rings. The van der Waals surface area contributed by atoms with Gasteiger partial charge in [0.1, 0.15) is 10.8 Å². The van der Waals surface area contributed by atoms with Crippen LogP contribution in [-0.4, -0.2) is 36.6 Å². The van der Waals surface area contributed by atoms with Crippen molar-refractivity contribution in [1.29, 1.82) is 0 Å². The van der Waals surface area contributed by atoms with Crippen molar-refractivity contribution in [3.05, 3.63) is 46.2 Å². The van der Waals surface area contributed by atoms with E-state index in [1.54, 1.807) is 23.5 Å². The number of aliphatic imine (C=N–C) groups is 1. The Kier molecular flexibility index (Phi) is 8.75. The van der Waals surface area contributed by atoms with Gasteiger partial charge in [-0.2, -0.15) is 0 Å². The number of hydrogen-bond donors (Lipinski definition) is 2. The summed E-state index contributed by atoms with van der Waals surface area (Å²) in [5.41, 5.74) is 0.941. The number of benzene rings is 1. The number of nitrogens with zero attached hydrogens (tertiary/aromatic N) is 3. The molecule has 1 saturated heterocycles. The Bertz CT molecular complexity index is 751. The van der Waals surface area contributed by atoms with Crippen LogP contribution >= 0.6 is 35.3 Å². The topological polar surface area (TPSA) is 52.6 Å². The van der Waals surface area contributed by atoms with E-state index in [2.05, 4.69) is 39.4 Å². The number of nitrogens with one attached hydrogen (secondary N) is 2. The lowest BCUT2D eigenvalue weighted by atomic mass is 10.0. The van der Waals surface area contributed by atoms with Crippen molar-refractivity contribution in [2.24, 2.45) is 4.99 Å². The van der Waals surface area contributed by atoms with Gasteiger partial charge in [-0.25, -0.2) is 14.4 Å². The summed E-state index contributed by atoms with van der Waals surface area (Å²) in [7, 11) is 0. The number of aryl methyl sites for hydroxylation is 1. The normalized spacial score (nSPS) is 17.4. The molecule has 1 unspecified atom stereocenters. The highest BCUT2D eigenvalue weighted by Crippen LogP contribution is 2.20. The largest absolute Gasteiger partial charge is 0.369 e. The van der Waals surface area contributed by atoms with E-state index < -0.39 is 0 Å². The molecule has 2 N–H and O–H groups in total. The van der Waals surface area contributed by atoms with Crippen LogP contribution < -0.4 is 15.5 Å². The van der Waals surface area contributed by atoms with Crippen molar-refractivity contribution >= 4 is 47.0 Å². The number of anilines is 1. The lowest BCUT2D eigenvalue weighted by Gasteiger charge is -2.35. The highest BCUT2D eigenvalue weighted by Gasteiger charge is 2.21. The van der Waals surface area contributed by atoms with Gasteiger partial charge in [0.2, 0.25) is 0 Å². The molecule has 2 aromatic rings. The predicted molar refractivity (Wildman–Crippen MR) is 122 cm³/mol. The van der Waals surface area contributed by atoms with E-state index in [0.717, 1.165) is 49.1 Å². The number of rotatable bonds is 5. The molecule has 0 spiro atoms. The second-order valence-corrected chi connectivity index (χ2v) is 7.79. The summed E-state index contributed by atoms with van der Waals surface area (Å²) >= 11 is 1.68. The summed E-state index contributed by atoms with van der Waals surface area (Å²) in [4.78, 5) is 12.5. The standard InChI is InChI=1S/C19H26FN5S.HI/c1-3-21-19(23-12-18-22-11-14(2)26-18)24-16-7-5-9-25(13-16)17-8-4-6-15(20)10-17;/h4,6,8,10-11,16H,3,5,7,9,12-13H2,1-2H3,(H2,21,23,24);1H. The van der Waals surface area contributed by atoms with Gasteiger partial charge in [-0.3, -0.25) is 0 Å². The zero-order valence-corrected chi connectivity index (χ0v) is 18.9. The maximum absolute atomic E-state index is 13.5. The van der Waals surface area contributed by atoms with E-state index in [1.165, 1.54) is 10.9 Å². The second kappa shape index (κ2) is 10.8. The van der Waals surface area contributed by atoms with Gasteiger partial charge in [-0.15, -0.1) is 35.3 Å². The number of piperidine rings is 1. The summed E-state index contributed by atoms with van der Waals surface area (Å²) < 4.78 is 13.5. The van der Waals surface area contributed by atoms with E-state index in [9.17, 15) is 4.39 Å². The van der Waals surface area contributed by atoms with Gasteiger partial charge in [-0.1, -0.05) is 6.07 Å². The molecule has 3 rings (SSSR count). The minimum absolute atomic E-state index is 0. The van der Waals surface area contributed by atoms with Crippen molar-refractivity contribution in [3.8, 4) is 0 Å². The van der Waals surface area contributed by atoms with E-state index >= 15 is 0 Å². The Hall–Kier alpha value is -1.42. The van der Waals surface area contributed by atoms with Crippen LogP contribution in [0.5, 0.6) is 0 Å². The van der Waals surface area contributed by atoms with Crippen molar-refractivity contribution in [1.82, 2.24) is 15.6 Å². The average Bonchev–Trinajstić information content (AvgIpc) is 3.05. The molecule has 148 valence electrons. The molecule has 5 nitrogen and oxygen atoms in total. The van der Waals surface area contributed by atoms with Gasteiger partial charge in [-0.05, 0) is 44.9 Å². The van der Waals surface area contributed by atoms with Gasteiger partial charge in [0, 0.05) is 42.4 Å². The van der Waals surface area contributed by atoms with E-state index in [-0.39, 0.29) is 35.8 Å². The molecule has 1 fully saturated rings. The zero-order valence-electron chi connectivity index (χ0n) is 15.7. The maximum atomic E-state index is 13.5. The van der Waals surface area contributed by atoms with Crippen molar-refractivity contribution in [2.75, 3.05) is 24.5 Å². The molecule has 0 amide bonds. The van der Waals surface area contributed by atoms with E-state index in [4.69, 9.17) is 0 Å². The quantitative estimate of drug-likeness (QED) is 0.369. The highest BCUT2D eigenvalue weighted by molar-refractivity contribution is 14.0. The third kappa shape index (κ3) is 6.60. The molecule has 1 aromatic heterocycles. The van der Waals surface area contributed by atoms with Crippen molar-refractivity contribution < 1.29 is 4.39 Å². The minimum Gasteiger partial charge on any atom is -0.369 e. The van der Waals surface area contributed by atoms with Crippen LogP contribution in [0, 0.1) is 12.7 Å². The Morgan fingerprint density at radius 1 is 1.44 bits per heavy atom. The molecule has 8 heteroatoms. The molecule has 0 aliphatic carbocycles. The molecule has 2 heterocycles. The highest BCUT2D eigenvalue weighted by atomic mass is 127. The molecule has 0 bridgehead atoms. The summed E-state index contributed by atoms with van der Waals surface area (Å²) in [6, 6.07) is 7.10. The summed E-state index contributed by atoms with van der Waals surface area (Å²) in [5.74, 6) is 0.623. The molecule has 0 saturated carbocycles. The van der Waals surface area contributed by atoms with Gasteiger partial charge in [0.25, 0.3) is 0 Å². The Morgan fingerprint density at radius 2 is 2.30 bits per heavy atom. The zero-order chi connectivity index (χ0) is 18.4. The van der Waals surface area contributed by atoms with Crippen molar-refractivity contribution in [3.63, 3.8) is 0 Å². The fraction of sp³-hybridized carbons (Fsp3) is 0.474. The first kappa shape index (κ1) is 21.9. The summed E-state index contributed by atoms with van der Waals surface area (Å²) in [5, 5.41) is 7.85. The average molecular weight is 503 g/mol. The smallest absolute Gasteiger partial charge is 0.191 e. The molecule has 1 aliphatic heterocycles. The lowest BCUT2D eigenvalue weighted by molar-refractivity contribution is 0.467. The predicted octanol–water partition coefficient (Wildman–Crippen LogP) is 3.93. The summed E-state index contributed by atoms with van der Waals surface area (Å²) in [6.45, 7) is 7.29. The number of hydrogen-bond acceptors (Lipinski definition) is 4. The van der Waals surface area contributed by atoms with E-state index in [1.807, 2.05) is 12.3 Å². The van der Waals surface area contributed by atoms with Crippen LogP contribution in [-0.2, 0) is 6.54 Å². The van der Waals surface area contributed by atoms with Crippen LogP contribution in [0.4, 0.5) is 10.1 Å². The third-order valence-electron chi connectivity index (χ3n) is 4.32. The molecule has 0 radical (unpaired) electrons. The third-order valence-corrected chi connectivity index (χ3v) is 5.22. The first-order valence-electron chi connectivity index (χ1n) is 9.10. The number of thiazole rings is 1. The van der Waals surface area contributed by atoms with Gasteiger partial charge in [0.05, 0.1) is 6.54 Å². The van der Waals surface area contributed by atoms with Crippen LogP contribution in [0.25, 0.3) is 0 Å². The fourth-order valence-electron chi connectivity index (χ4n) is 3.14. The van der Waals surface area contributed by atoms with Crippen LogP contribution in [0.1, 0.15) is 29.7 Å². The Balaban J connectivity index is 0.00000261. The lowest BCUT2D eigenvalue weighted by Crippen LogP contribution is -2.51. The van der Waals surface area contributed by atoms with Crippen LogP contribution in [0.15, 0.2) is 35.5 Å².